The molecule has 178 valence electrons. The van der Waals surface area contributed by atoms with Crippen molar-refractivity contribution < 1.29 is 13.6 Å². The first-order valence-electron chi connectivity index (χ1n) is 11.2. The minimum absolute atomic E-state index is 0.194. The van der Waals surface area contributed by atoms with Gasteiger partial charge in [-0.15, -0.1) is 0 Å². The predicted molar refractivity (Wildman–Crippen MR) is 123 cm³/mol. The largest absolute Gasteiger partial charge is 0.346 e. The van der Waals surface area contributed by atoms with E-state index in [0.29, 0.717) is 32.7 Å². The number of hydrogen-bond donors (Lipinski definition) is 1. The van der Waals surface area contributed by atoms with Crippen LogP contribution in [-0.2, 0) is 0 Å². The summed E-state index contributed by atoms with van der Waals surface area (Å²) in [5.74, 6) is -2.68. The van der Waals surface area contributed by atoms with Crippen molar-refractivity contribution in [3.8, 4) is 17.3 Å². The van der Waals surface area contributed by atoms with Crippen molar-refractivity contribution in [2.24, 2.45) is 0 Å². The SMILES string of the molecule is N#CCC(CN1CCN(C(=O)c2cccc(F)c2F)CC1)n1cc(-c2ncnc3[nH]ccc23)cn1. The number of halogens is 2. The molecule has 9 nitrogen and oxygen atoms in total. The third kappa shape index (κ3) is 4.48. The maximum Gasteiger partial charge on any atom is 0.257 e. The lowest BCUT2D eigenvalue weighted by atomic mass is 10.1. The number of H-pyrrole nitrogens is 1. The number of piperazine rings is 1. The van der Waals surface area contributed by atoms with E-state index in [1.165, 1.54) is 23.4 Å². The molecule has 1 fully saturated rings. The molecule has 0 radical (unpaired) electrons. The van der Waals surface area contributed by atoms with Gasteiger partial charge in [-0.2, -0.15) is 10.4 Å². The lowest BCUT2D eigenvalue weighted by Gasteiger charge is -2.36. The van der Waals surface area contributed by atoms with Gasteiger partial charge in [0, 0.05) is 56.1 Å². The fraction of sp³-hybridized carbons (Fsp3) is 0.292. The van der Waals surface area contributed by atoms with Gasteiger partial charge in [-0.3, -0.25) is 14.4 Å². The number of amides is 1. The van der Waals surface area contributed by atoms with Gasteiger partial charge >= 0.3 is 0 Å². The highest BCUT2D eigenvalue weighted by molar-refractivity contribution is 5.94. The van der Waals surface area contributed by atoms with E-state index in [0.717, 1.165) is 28.4 Å². The Morgan fingerprint density at radius 2 is 2.00 bits per heavy atom. The summed E-state index contributed by atoms with van der Waals surface area (Å²) < 4.78 is 29.3. The average molecular weight is 476 g/mol. The Bertz CT molecular complexity index is 1400. The van der Waals surface area contributed by atoms with Crippen LogP contribution >= 0.6 is 0 Å². The maximum absolute atomic E-state index is 14.0. The number of carbonyl (C=O) groups excluding carboxylic acids is 1. The van der Waals surface area contributed by atoms with Gasteiger partial charge < -0.3 is 9.88 Å². The zero-order chi connectivity index (χ0) is 24.4. The number of fused-ring (bicyclic) bond motifs is 1. The molecule has 1 N–H and O–H groups in total. The molecule has 0 aliphatic carbocycles. The smallest absolute Gasteiger partial charge is 0.257 e. The Balaban J connectivity index is 1.26. The van der Waals surface area contributed by atoms with Crippen LogP contribution < -0.4 is 0 Å². The molecule has 0 saturated carbocycles. The number of hydrogen-bond acceptors (Lipinski definition) is 6. The molecule has 4 heterocycles. The van der Waals surface area contributed by atoms with Crippen LogP contribution in [0.2, 0.25) is 0 Å². The molecule has 1 aliphatic rings. The van der Waals surface area contributed by atoms with E-state index in [1.807, 2.05) is 12.3 Å². The Hall–Kier alpha value is -4.17. The zero-order valence-electron chi connectivity index (χ0n) is 18.7. The lowest BCUT2D eigenvalue weighted by Crippen LogP contribution is -2.50. The molecule has 11 heteroatoms. The minimum Gasteiger partial charge on any atom is -0.346 e. The van der Waals surface area contributed by atoms with Gasteiger partial charge in [-0.25, -0.2) is 18.7 Å². The van der Waals surface area contributed by atoms with E-state index in [1.54, 1.807) is 17.1 Å². The second-order valence-corrected chi connectivity index (χ2v) is 8.38. The maximum atomic E-state index is 14.0. The molecule has 4 aromatic rings. The monoisotopic (exact) mass is 476 g/mol. The quantitative estimate of drug-likeness (QED) is 0.459. The van der Waals surface area contributed by atoms with Gasteiger partial charge in [-0.05, 0) is 18.2 Å². The van der Waals surface area contributed by atoms with Crippen molar-refractivity contribution in [1.82, 2.24) is 34.5 Å². The Kier molecular flexibility index (Phi) is 6.20. The molecule has 35 heavy (non-hydrogen) atoms. The fourth-order valence-electron chi connectivity index (χ4n) is 4.38. The Morgan fingerprint density at radius 1 is 1.17 bits per heavy atom. The molecule has 1 atom stereocenters. The van der Waals surface area contributed by atoms with Gasteiger partial charge in [-0.1, -0.05) is 6.07 Å². The molecule has 3 aromatic heterocycles. The van der Waals surface area contributed by atoms with Gasteiger partial charge in [0.05, 0.1) is 36.0 Å². The fourth-order valence-corrected chi connectivity index (χ4v) is 4.38. The molecule has 1 unspecified atom stereocenters. The number of aromatic nitrogens is 5. The van der Waals surface area contributed by atoms with Gasteiger partial charge in [0.25, 0.3) is 5.91 Å². The predicted octanol–water partition coefficient (Wildman–Crippen LogP) is 3.01. The zero-order valence-corrected chi connectivity index (χ0v) is 18.7. The highest BCUT2D eigenvalue weighted by Crippen LogP contribution is 2.26. The van der Waals surface area contributed by atoms with Crippen LogP contribution in [0.1, 0.15) is 22.8 Å². The molecule has 1 saturated heterocycles. The van der Waals surface area contributed by atoms with E-state index in [9.17, 15) is 18.8 Å². The number of carbonyl (C=O) groups is 1. The normalized spacial score (nSPS) is 15.3. The summed E-state index contributed by atoms with van der Waals surface area (Å²) in [6.45, 7) is 2.42. The number of nitrogens with zero attached hydrogens (tertiary/aromatic N) is 7. The highest BCUT2D eigenvalue weighted by atomic mass is 19.2. The number of benzene rings is 1. The van der Waals surface area contributed by atoms with Crippen LogP contribution in [0.5, 0.6) is 0 Å². The molecule has 1 aliphatic heterocycles. The summed E-state index contributed by atoms with van der Waals surface area (Å²) in [4.78, 5) is 28.0. The second kappa shape index (κ2) is 9.60. The van der Waals surface area contributed by atoms with Crippen molar-refractivity contribution in [3.05, 3.63) is 66.4 Å². The van der Waals surface area contributed by atoms with Crippen LogP contribution in [0.3, 0.4) is 0 Å². The average Bonchev–Trinajstić information content (AvgIpc) is 3.55. The standard InChI is InChI=1S/C24H22F2N8O/c25-20-3-1-2-18(21(20)26)24(35)33-10-8-32(9-11-33)14-17(4-6-27)34-13-16(12-31-34)22-19-5-7-28-23(19)30-15-29-22/h1-3,5,7,12-13,15,17H,4,8-11,14H2,(H,28,29,30). The van der Waals surface area contributed by atoms with Crippen LogP contribution in [0, 0.1) is 23.0 Å². The summed E-state index contributed by atoms with van der Waals surface area (Å²) in [5, 5.41) is 14.8. The molecule has 1 amide bonds. The van der Waals surface area contributed by atoms with Crippen molar-refractivity contribution in [2.75, 3.05) is 32.7 Å². The summed E-state index contributed by atoms with van der Waals surface area (Å²) in [7, 11) is 0. The Morgan fingerprint density at radius 3 is 2.80 bits per heavy atom. The van der Waals surface area contributed by atoms with Gasteiger partial charge in [0.2, 0.25) is 0 Å². The highest BCUT2D eigenvalue weighted by Gasteiger charge is 2.27. The lowest BCUT2D eigenvalue weighted by molar-refractivity contribution is 0.0612. The summed E-state index contributed by atoms with van der Waals surface area (Å²) in [6, 6.07) is 7.56. The topological polar surface area (TPSA) is 107 Å². The Labute approximate surface area is 199 Å². The van der Waals surface area contributed by atoms with Crippen molar-refractivity contribution in [3.63, 3.8) is 0 Å². The number of nitriles is 1. The number of aromatic amines is 1. The van der Waals surface area contributed by atoms with E-state index in [4.69, 9.17) is 0 Å². The van der Waals surface area contributed by atoms with E-state index >= 15 is 0 Å². The second-order valence-electron chi connectivity index (χ2n) is 8.38. The van der Waals surface area contributed by atoms with Crippen molar-refractivity contribution >= 4 is 16.9 Å². The molecule has 0 spiro atoms. The first kappa shape index (κ1) is 22.6. The van der Waals surface area contributed by atoms with E-state index in [-0.39, 0.29) is 18.0 Å². The summed E-state index contributed by atoms with van der Waals surface area (Å²) in [6.07, 6.45) is 7.16. The molecular weight excluding hydrogens is 454 g/mol. The van der Waals surface area contributed by atoms with Crippen molar-refractivity contribution in [1.29, 1.82) is 5.26 Å². The third-order valence-electron chi connectivity index (χ3n) is 6.24. The molecule has 0 bridgehead atoms. The molecule has 5 rings (SSSR count). The number of rotatable bonds is 6. The number of nitrogens with one attached hydrogen (secondary N) is 1. The van der Waals surface area contributed by atoms with E-state index in [2.05, 4.69) is 31.0 Å². The minimum atomic E-state index is -1.12. The third-order valence-corrected chi connectivity index (χ3v) is 6.24. The molecule has 1 aromatic carbocycles. The van der Waals surface area contributed by atoms with Gasteiger partial charge in [0.1, 0.15) is 12.0 Å². The van der Waals surface area contributed by atoms with Crippen LogP contribution in [0.25, 0.3) is 22.3 Å². The molecular formula is C24H22F2N8O. The first-order chi connectivity index (χ1) is 17.0. The van der Waals surface area contributed by atoms with E-state index < -0.39 is 17.5 Å². The van der Waals surface area contributed by atoms with Gasteiger partial charge in [0.15, 0.2) is 11.6 Å². The summed E-state index contributed by atoms with van der Waals surface area (Å²) in [5.41, 5.74) is 2.07. The van der Waals surface area contributed by atoms with Crippen LogP contribution in [-0.4, -0.2) is 73.2 Å². The van der Waals surface area contributed by atoms with Crippen LogP contribution in [0.15, 0.2) is 49.2 Å². The first-order valence-corrected chi connectivity index (χ1v) is 11.2. The van der Waals surface area contributed by atoms with Crippen LogP contribution in [0.4, 0.5) is 8.78 Å². The van der Waals surface area contributed by atoms with Crippen molar-refractivity contribution in [2.45, 2.75) is 12.5 Å². The summed E-state index contributed by atoms with van der Waals surface area (Å²) >= 11 is 0.